The lowest BCUT2D eigenvalue weighted by Gasteiger charge is -2.49. The quantitative estimate of drug-likeness (QED) is 0.0552. The molecule has 17 nitrogen and oxygen atoms in total. The highest BCUT2D eigenvalue weighted by Crippen LogP contribution is 2.42. The van der Waals surface area contributed by atoms with Gasteiger partial charge in [0.1, 0.15) is 17.1 Å². The van der Waals surface area contributed by atoms with Crippen molar-refractivity contribution in [3.05, 3.63) is 28.7 Å². The molecule has 20 heteroatoms. The maximum Gasteiger partial charge on any atom is 0.355 e. The molecule has 3 amide bonds. The SMILES string of the molecule is CC(=O)OCC(=O)COC(=O)C1=C(/C=C2\CCN([C@@H]3CCNC3)C2=O)CS[C@@H]2[C@H](NC(=O)/C(=N\O)c3nsc(N)n3)C(=O)N12.Cl. The number of β-lactam (4-membered cyclic amide) rings is 1. The Kier molecular flexibility index (Phi) is 10.8. The molecule has 4 aliphatic rings. The highest BCUT2D eigenvalue weighted by molar-refractivity contribution is 8.00. The van der Waals surface area contributed by atoms with E-state index in [0.29, 0.717) is 30.7 Å². The summed E-state index contributed by atoms with van der Waals surface area (Å²) in [7, 11) is 0. The summed E-state index contributed by atoms with van der Waals surface area (Å²) >= 11 is 2.01. The van der Waals surface area contributed by atoms with Crippen LogP contribution in [0.5, 0.6) is 0 Å². The minimum atomic E-state index is -1.12. The number of hydrogen-bond acceptors (Lipinski definition) is 16. The van der Waals surface area contributed by atoms with E-state index in [1.165, 1.54) is 11.8 Å². The summed E-state index contributed by atoms with van der Waals surface area (Å²) < 4.78 is 13.7. The maximum absolute atomic E-state index is 13.4. The second kappa shape index (κ2) is 14.4. The number of ketones is 1. The van der Waals surface area contributed by atoms with Gasteiger partial charge in [0.15, 0.2) is 18.3 Å². The molecule has 0 saturated carbocycles. The number of nitrogens with zero attached hydrogens (tertiary/aromatic N) is 5. The van der Waals surface area contributed by atoms with Gasteiger partial charge in [0.2, 0.25) is 23.2 Å². The number of hydrogen-bond donors (Lipinski definition) is 4. The molecule has 5 rings (SSSR count). The first-order valence-corrected chi connectivity index (χ1v) is 15.3. The number of nitrogens with one attached hydrogen (secondary N) is 2. The van der Waals surface area contributed by atoms with Gasteiger partial charge in [-0.15, -0.1) is 24.2 Å². The average Bonchev–Trinajstić information content (AvgIpc) is 3.76. The number of anilines is 1. The van der Waals surface area contributed by atoms with Crippen molar-refractivity contribution in [2.75, 3.05) is 44.3 Å². The summed E-state index contributed by atoms with van der Waals surface area (Å²) in [5.41, 5.74) is 5.63. The van der Waals surface area contributed by atoms with Crippen molar-refractivity contribution in [1.82, 2.24) is 29.8 Å². The topological polar surface area (TPSA) is 236 Å². The second-order valence-corrected chi connectivity index (χ2v) is 12.0. The molecule has 0 spiro atoms. The van der Waals surface area contributed by atoms with E-state index in [0.717, 1.165) is 36.3 Å². The van der Waals surface area contributed by atoms with Gasteiger partial charge in [0.05, 0.1) is 0 Å². The Labute approximate surface area is 270 Å². The van der Waals surface area contributed by atoms with E-state index >= 15 is 0 Å². The lowest BCUT2D eigenvalue weighted by molar-refractivity contribution is -0.155. The number of thioether (sulfide) groups is 1. The van der Waals surface area contributed by atoms with E-state index in [4.69, 9.17) is 10.5 Å². The predicted octanol–water partition coefficient (Wildman–Crippen LogP) is -1.43. The Balaban J connectivity index is 0.00000461. The lowest BCUT2D eigenvalue weighted by Crippen LogP contribution is -2.71. The molecule has 1 aromatic rings. The number of ether oxygens (including phenoxy) is 2. The summed E-state index contributed by atoms with van der Waals surface area (Å²) in [6.45, 7) is 1.85. The molecule has 3 atom stereocenters. The number of aromatic nitrogens is 2. The number of esters is 2. The van der Waals surface area contributed by atoms with Crippen LogP contribution in [0.2, 0.25) is 0 Å². The first-order valence-electron chi connectivity index (χ1n) is 13.4. The number of amides is 3. The van der Waals surface area contributed by atoms with Crippen LogP contribution in [0.3, 0.4) is 0 Å². The van der Waals surface area contributed by atoms with Gasteiger partial charge in [-0.2, -0.15) is 9.36 Å². The van der Waals surface area contributed by atoms with Crippen LogP contribution in [0.4, 0.5) is 5.13 Å². The van der Waals surface area contributed by atoms with Crippen molar-refractivity contribution in [1.29, 1.82) is 0 Å². The molecule has 0 aliphatic carbocycles. The van der Waals surface area contributed by atoms with Crippen LogP contribution < -0.4 is 16.4 Å². The zero-order valence-electron chi connectivity index (χ0n) is 23.7. The molecule has 3 saturated heterocycles. The number of Topliss-reactive ketones (excluding diaryl/α,β-unsaturated/α-hetero) is 1. The fourth-order valence-electron chi connectivity index (χ4n) is 5.15. The van der Waals surface area contributed by atoms with Gasteiger partial charge in [-0.25, -0.2) is 4.79 Å². The van der Waals surface area contributed by atoms with Crippen molar-refractivity contribution in [3.8, 4) is 0 Å². The van der Waals surface area contributed by atoms with Crippen LogP contribution in [0.25, 0.3) is 0 Å². The Morgan fingerprint density at radius 1 is 1.24 bits per heavy atom. The molecule has 5 heterocycles. The number of nitrogens with two attached hydrogens (primary N) is 1. The molecule has 45 heavy (non-hydrogen) atoms. The van der Waals surface area contributed by atoms with Crippen LogP contribution in [0.15, 0.2) is 28.1 Å². The fraction of sp³-hybridized carbons (Fsp3) is 0.480. The summed E-state index contributed by atoms with van der Waals surface area (Å²) in [6, 6.07) is -1.05. The van der Waals surface area contributed by atoms with E-state index in [9.17, 15) is 34.0 Å². The van der Waals surface area contributed by atoms with E-state index < -0.39 is 59.9 Å². The monoisotopic (exact) mass is 684 g/mol. The second-order valence-electron chi connectivity index (χ2n) is 10.1. The van der Waals surface area contributed by atoms with Crippen LogP contribution in [0.1, 0.15) is 25.6 Å². The highest BCUT2D eigenvalue weighted by Gasteiger charge is 2.55. The van der Waals surface area contributed by atoms with Crippen molar-refractivity contribution in [2.45, 2.75) is 37.2 Å². The number of halogens is 1. The van der Waals surface area contributed by atoms with Crippen molar-refractivity contribution >= 4 is 82.0 Å². The largest absolute Gasteiger partial charge is 0.458 e. The van der Waals surface area contributed by atoms with E-state index in [2.05, 4.69) is 29.9 Å². The van der Waals surface area contributed by atoms with Crippen LogP contribution in [0, 0.1) is 0 Å². The minimum absolute atomic E-state index is 0. The molecule has 0 unspecified atom stereocenters. The number of oxime groups is 1. The molecule has 242 valence electrons. The summed E-state index contributed by atoms with van der Waals surface area (Å²) in [4.78, 5) is 82.6. The van der Waals surface area contributed by atoms with E-state index in [-0.39, 0.29) is 46.8 Å². The summed E-state index contributed by atoms with van der Waals surface area (Å²) in [6.07, 6.45) is 2.86. The number of likely N-dealkylation sites (tertiary alicyclic amines) is 1. The Morgan fingerprint density at radius 3 is 2.64 bits per heavy atom. The zero-order chi connectivity index (χ0) is 31.5. The standard InChI is InChI=1S/C25H28N8O9S2.ClH/c1-11(34)41-8-15(35)9-42-24(39)18-13(6-12-3-5-32(21(12)37)14-2-4-27-7-14)10-43-23-17(22(38)33(18)23)28-20(36)16(30-40)19-29-25(26)44-31-19;/h6,14,17,23,27,40H,2-5,7-10H2,1H3,(H,28,36)(H2,26,29,31);1H/b12-6+,30-16-;/t14-,17-,23-;/m1./s1. The highest BCUT2D eigenvalue weighted by atomic mass is 35.5. The van der Waals surface area contributed by atoms with Crippen LogP contribution in [-0.2, 0) is 38.2 Å². The lowest BCUT2D eigenvalue weighted by atomic mass is 10.0. The van der Waals surface area contributed by atoms with Gasteiger partial charge in [-0.3, -0.25) is 28.9 Å². The van der Waals surface area contributed by atoms with E-state index in [1.807, 2.05) is 0 Å². The minimum Gasteiger partial charge on any atom is -0.458 e. The molecule has 0 bridgehead atoms. The molecule has 4 aliphatic heterocycles. The third kappa shape index (κ3) is 7.10. The molecule has 0 aromatic carbocycles. The van der Waals surface area contributed by atoms with Crippen molar-refractivity contribution in [3.63, 3.8) is 0 Å². The number of carbonyl (C=O) groups is 6. The van der Waals surface area contributed by atoms with Gasteiger partial charge in [0.25, 0.3) is 11.8 Å². The first kappa shape index (κ1) is 33.8. The van der Waals surface area contributed by atoms with Gasteiger partial charge in [0, 0.05) is 48.9 Å². The number of carbonyl (C=O) groups excluding carboxylic acids is 6. The van der Waals surface area contributed by atoms with Gasteiger partial charge in [-0.05, 0) is 31.0 Å². The molecule has 0 radical (unpaired) electrons. The third-order valence-corrected chi connectivity index (χ3v) is 9.07. The third-order valence-electron chi connectivity index (χ3n) is 7.23. The zero-order valence-corrected chi connectivity index (χ0v) is 26.2. The first-order chi connectivity index (χ1) is 21.1. The Hall–Kier alpha value is -4.07. The Bertz CT molecular complexity index is 1510. The van der Waals surface area contributed by atoms with Crippen molar-refractivity contribution in [2.24, 2.45) is 5.16 Å². The molecular weight excluding hydrogens is 656 g/mol. The number of fused-ring (bicyclic) bond motifs is 1. The number of rotatable bonds is 10. The normalized spacial score (nSPS) is 23.8. The van der Waals surface area contributed by atoms with Gasteiger partial charge >= 0.3 is 11.9 Å². The van der Waals surface area contributed by atoms with E-state index in [1.54, 1.807) is 11.0 Å². The molecular formula is C25H29ClN8O9S2. The average molecular weight is 685 g/mol. The predicted molar refractivity (Wildman–Crippen MR) is 160 cm³/mol. The smallest absolute Gasteiger partial charge is 0.355 e. The van der Waals surface area contributed by atoms with Gasteiger partial charge in [-0.1, -0.05) is 5.16 Å². The number of allylic oxidation sites excluding steroid dienone is 1. The van der Waals surface area contributed by atoms with Gasteiger partial charge < -0.3 is 35.9 Å². The fourth-order valence-corrected chi connectivity index (χ4v) is 6.89. The van der Waals surface area contributed by atoms with Crippen molar-refractivity contribution < 1.29 is 43.4 Å². The number of nitrogen functional groups attached to an aromatic ring is 1. The molecule has 3 fully saturated rings. The van der Waals surface area contributed by atoms with Crippen LogP contribution >= 0.6 is 35.7 Å². The summed E-state index contributed by atoms with van der Waals surface area (Å²) in [5, 5.41) is 17.3. The Morgan fingerprint density at radius 2 is 2.00 bits per heavy atom. The van der Waals surface area contributed by atoms with Crippen LogP contribution in [-0.4, -0.2) is 122 Å². The molecule has 5 N–H and O–H groups in total. The summed E-state index contributed by atoms with van der Waals surface area (Å²) in [5.74, 6) is -4.21. The maximum atomic E-state index is 13.4. The molecule has 1 aromatic heterocycles.